The van der Waals surface area contributed by atoms with Crippen LogP contribution < -0.4 is 10.6 Å². The first-order valence-electron chi connectivity index (χ1n) is 4.76. The summed E-state index contributed by atoms with van der Waals surface area (Å²) < 4.78 is 1.49. The van der Waals surface area contributed by atoms with Crippen molar-refractivity contribution in [3.8, 4) is 0 Å². The third-order valence-corrected chi connectivity index (χ3v) is 2.77. The summed E-state index contributed by atoms with van der Waals surface area (Å²) in [6.07, 6.45) is 0. The molecule has 16 heavy (non-hydrogen) atoms. The Morgan fingerprint density at radius 2 is 1.88 bits per heavy atom. The molecule has 0 unspecified atom stereocenters. The van der Waals surface area contributed by atoms with Gasteiger partial charge in [0.2, 0.25) is 0 Å². The minimum absolute atomic E-state index is 0.0392. The Bertz CT molecular complexity index is 413. The number of rotatable bonds is 2. The molecular weight excluding hydrogens is 251 g/mol. The van der Waals surface area contributed by atoms with Crippen molar-refractivity contribution in [2.24, 2.45) is 4.99 Å². The number of hydrogen-bond donors (Lipinski definition) is 2. The maximum Gasteiger partial charge on any atom is 0.268 e. The SMILES string of the molecule is O=C(Cn1c(Cl)ccc1Cl)N=C1NCCN1. The largest absolute Gasteiger partial charge is 0.354 e. The normalized spacial score (nSPS) is 14.5. The monoisotopic (exact) mass is 260 g/mol. The molecule has 0 aliphatic carbocycles. The summed E-state index contributed by atoms with van der Waals surface area (Å²) in [7, 11) is 0. The van der Waals surface area contributed by atoms with Crippen molar-refractivity contribution in [1.82, 2.24) is 15.2 Å². The Morgan fingerprint density at radius 3 is 2.44 bits per heavy atom. The van der Waals surface area contributed by atoms with E-state index in [0.717, 1.165) is 13.1 Å². The Morgan fingerprint density at radius 1 is 1.31 bits per heavy atom. The van der Waals surface area contributed by atoms with Gasteiger partial charge < -0.3 is 15.2 Å². The summed E-state index contributed by atoms with van der Waals surface area (Å²) in [6.45, 7) is 1.59. The van der Waals surface area contributed by atoms with E-state index in [0.29, 0.717) is 16.3 Å². The number of nitrogens with one attached hydrogen (secondary N) is 2. The third-order valence-electron chi connectivity index (χ3n) is 2.11. The fourth-order valence-corrected chi connectivity index (χ4v) is 1.84. The highest BCUT2D eigenvalue weighted by molar-refractivity contribution is 6.33. The molecular formula is C9H10Cl2N4O. The molecule has 0 saturated carbocycles. The Balaban J connectivity index is 2.05. The summed E-state index contributed by atoms with van der Waals surface area (Å²) >= 11 is 11.7. The topological polar surface area (TPSA) is 58.4 Å². The predicted molar refractivity (Wildman–Crippen MR) is 62.9 cm³/mol. The molecule has 1 saturated heterocycles. The molecule has 2 rings (SSSR count). The van der Waals surface area contributed by atoms with Crippen LogP contribution in [0.5, 0.6) is 0 Å². The summed E-state index contributed by atoms with van der Waals surface area (Å²) in [5, 5.41) is 6.72. The van der Waals surface area contributed by atoms with Crippen LogP contribution in [-0.4, -0.2) is 29.5 Å². The number of carbonyl (C=O) groups excluding carboxylic acids is 1. The van der Waals surface area contributed by atoms with Crippen LogP contribution in [-0.2, 0) is 11.3 Å². The van der Waals surface area contributed by atoms with Crippen molar-refractivity contribution in [2.75, 3.05) is 13.1 Å². The Labute approximate surface area is 102 Å². The lowest BCUT2D eigenvalue weighted by molar-refractivity contribution is -0.118. The quantitative estimate of drug-likeness (QED) is 0.830. The molecule has 0 bridgehead atoms. The van der Waals surface area contributed by atoms with Gasteiger partial charge in [0.1, 0.15) is 16.9 Å². The van der Waals surface area contributed by atoms with Gasteiger partial charge >= 0.3 is 0 Å². The zero-order valence-electron chi connectivity index (χ0n) is 8.33. The Hall–Kier alpha value is -1.20. The fourth-order valence-electron chi connectivity index (χ4n) is 1.37. The average molecular weight is 261 g/mol. The molecule has 5 nitrogen and oxygen atoms in total. The van der Waals surface area contributed by atoms with E-state index in [9.17, 15) is 4.79 Å². The molecule has 0 spiro atoms. The van der Waals surface area contributed by atoms with Gasteiger partial charge in [-0.3, -0.25) is 4.79 Å². The van der Waals surface area contributed by atoms with Gasteiger partial charge in [0.15, 0.2) is 5.96 Å². The average Bonchev–Trinajstić information content (AvgIpc) is 2.83. The summed E-state index contributed by atoms with van der Waals surface area (Å²) in [6, 6.07) is 3.27. The molecule has 1 amide bonds. The zero-order valence-corrected chi connectivity index (χ0v) is 9.85. The van der Waals surface area contributed by atoms with Gasteiger partial charge in [-0.05, 0) is 12.1 Å². The summed E-state index contributed by atoms with van der Waals surface area (Å²) in [5.41, 5.74) is 0. The fraction of sp³-hybridized carbons (Fsp3) is 0.333. The van der Waals surface area contributed by atoms with Gasteiger partial charge in [-0.1, -0.05) is 23.2 Å². The first-order chi connectivity index (χ1) is 7.66. The molecule has 1 aliphatic heterocycles. The second-order valence-electron chi connectivity index (χ2n) is 3.27. The molecule has 2 heterocycles. The van der Waals surface area contributed by atoms with Crippen LogP contribution in [0.2, 0.25) is 10.3 Å². The van der Waals surface area contributed by atoms with Crippen molar-refractivity contribution in [2.45, 2.75) is 6.54 Å². The molecule has 1 aliphatic rings. The number of halogens is 2. The molecule has 1 aromatic rings. The lowest BCUT2D eigenvalue weighted by Crippen LogP contribution is -2.26. The van der Waals surface area contributed by atoms with Gasteiger partial charge in [-0.2, -0.15) is 4.99 Å². The number of hydrogen-bond acceptors (Lipinski definition) is 1. The van der Waals surface area contributed by atoms with E-state index >= 15 is 0 Å². The number of aliphatic imine (C=N–C) groups is 1. The molecule has 7 heteroatoms. The highest BCUT2D eigenvalue weighted by Gasteiger charge is 2.11. The first kappa shape index (κ1) is 11.3. The number of amides is 1. The van der Waals surface area contributed by atoms with Crippen LogP contribution in [0, 0.1) is 0 Å². The van der Waals surface area contributed by atoms with Gasteiger partial charge in [-0.25, -0.2) is 0 Å². The van der Waals surface area contributed by atoms with Crippen LogP contribution in [0.1, 0.15) is 0 Å². The Kier molecular flexibility index (Phi) is 3.36. The molecule has 0 radical (unpaired) electrons. The van der Waals surface area contributed by atoms with E-state index in [1.165, 1.54) is 4.57 Å². The smallest absolute Gasteiger partial charge is 0.268 e. The van der Waals surface area contributed by atoms with Crippen molar-refractivity contribution in [3.63, 3.8) is 0 Å². The highest BCUT2D eigenvalue weighted by atomic mass is 35.5. The second kappa shape index (κ2) is 4.76. The van der Waals surface area contributed by atoms with Crippen LogP contribution in [0.3, 0.4) is 0 Å². The second-order valence-corrected chi connectivity index (χ2v) is 4.05. The minimum atomic E-state index is -0.308. The summed E-state index contributed by atoms with van der Waals surface area (Å²) in [4.78, 5) is 15.4. The number of aromatic nitrogens is 1. The van der Waals surface area contributed by atoms with E-state index in [1.807, 2.05) is 0 Å². The van der Waals surface area contributed by atoms with E-state index < -0.39 is 0 Å². The van der Waals surface area contributed by atoms with Gasteiger partial charge in [0, 0.05) is 13.1 Å². The van der Waals surface area contributed by atoms with Gasteiger partial charge in [0.05, 0.1) is 0 Å². The molecule has 0 aromatic carbocycles. The highest BCUT2D eigenvalue weighted by Crippen LogP contribution is 2.18. The number of guanidine groups is 1. The standard InChI is InChI=1S/C9H10Cl2N4O/c10-6-1-2-7(11)15(6)5-8(16)14-9-12-3-4-13-9/h1-2H,3-5H2,(H2,12,13,14,16). The minimum Gasteiger partial charge on any atom is -0.354 e. The van der Waals surface area contributed by atoms with Crippen LogP contribution in [0.15, 0.2) is 17.1 Å². The third kappa shape index (κ3) is 2.48. The van der Waals surface area contributed by atoms with Crippen molar-refractivity contribution >= 4 is 35.1 Å². The predicted octanol–water partition coefficient (Wildman–Crippen LogP) is 0.870. The van der Waals surface area contributed by atoms with Gasteiger partial charge in [0.25, 0.3) is 5.91 Å². The van der Waals surface area contributed by atoms with Crippen molar-refractivity contribution in [1.29, 1.82) is 0 Å². The number of nitrogens with zero attached hydrogens (tertiary/aromatic N) is 2. The maximum absolute atomic E-state index is 11.6. The molecule has 0 atom stereocenters. The number of carbonyl (C=O) groups is 1. The van der Waals surface area contributed by atoms with Crippen molar-refractivity contribution in [3.05, 3.63) is 22.4 Å². The lowest BCUT2D eigenvalue weighted by atomic mass is 10.6. The first-order valence-corrected chi connectivity index (χ1v) is 5.52. The van der Waals surface area contributed by atoms with Crippen LogP contribution in [0.4, 0.5) is 0 Å². The molecule has 1 fully saturated rings. The van der Waals surface area contributed by atoms with Crippen LogP contribution in [0.25, 0.3) is 0 Å². The molecule has 1 aromatic heterocycles. The van der Waals surface area contributed by atoms with E-state index in [1.54, 1.807) is 12.1 Å². The van der Waals surface area contributed by atoms with Crippen molar-refractivity contribution < 1.29 is 4.79 Å². The van der Waals surface area contributed by atoms with Gasteiger partial charge in [-0.15, -0.1) is 0 Å². The summed E-state index contributed by atoms with van der Waals surface area (Å²) in [5.74, 6) is 0.196. The lowest BCUT2D eigenvalue weighted by Gasteiger charge is -2.03. The van der Waals surface area contributed by atoms with E-state index in [2.05, 4.69) is 15.6 Å². The van der Waals surface area contributed by atoms with E-state index in [4.69, 9.17) is 23.2 Å². The molecule has 2 N–H and O–H groups in total. The maximum atomic E-state index is 11.6. The zero-order chi connectivity index (χ0) is 11.5. The van der Waals surface area contributed by atoms with E-state index in [-0.39, 0.29) is 12.5 Å². The van der Waals surface area contributed by atoms with Crippen LogP contribution >= 0.6 is 23.2 Å². The molecule has 86 valence electrons.